The molecule has 148 valence electrons. The number of halogens is 1. The Kier molecular flexibility index (Phi) is 6.64. The predicted octanol–water partition coefficient (Wildman–Crippen LogP) is 3.32. The number of fused-ring (bicyclic) bond motifs is 1. The third-order valence-corrected chi connectivity index (χ3v) is 4.13. The van der Waals surface area contributed by atoms with E-state index < -0.39 is 5.91 Å². The highest BCUT2D eigenvalue weighted by Crippen LogP contribution is 2.25. The maximum atomic E-state index is 12.9. The molecule has 28 heavy (non-hydrogen) atoms. The van der Waals surface area contributed by atoms with E-state index in [1.54, 1.807) is 42.5 Å². The number of amides is 1. The number of rotatable bonds is 5. The quantitative estimate of drug-likeness (QED) is 0.638. The van der Waals surface area contributed by atoms with E-state index in [0.717, 1.165) is 0 Å². The number of benzene rings is 2. The van der Waals surface area contributed by atoms with Crippen LogP contribution in [0.4, 0.5) is 11.4 Å². The summed E-state index contributed by atoms with van der Waals surface area (Å²) in [4.78, 5) is 25.6. The summed E-state index contributed by atoms with van der Waals surface area (Å²) in [7, 11) is 1.54. The van der Waals surface area contributed by atoms with Gasteiger partial charge in [0.15, 0.2) is 5.69 Å². The Morgan fingerprint density at radius 2 is 1.89 bits per heavy atom. The molecule has 0 aliphatic carbocycles. The molecule has 8 heteroatoms. The second-order valence-corrected chi connectivity index (χ2v) is 6.68. The molecule has 7 nitrogen and oxygen atoms in total. The van der Waals surface area contributed by atoms with Crippen molar-refractivity contribution in [2.45, 2.75) is 20.4 Å². The van der Waals surface area contributed by atoms with Crippen LogP contribution in [-0.2, 0) is 6.54 Å². The van der Waals surface area contributed by atoms with Crippen molar-refractivity contribution in [3.63, 3.8) is 0 Å². The van der Waals surface area contributed by atoms with Crippen molar-refractivity contribution in [1.82, 2.24) is 9.78 Å². The van der Waals surface area contributed by atoms with Gasteiger partial charge in [0.2, 0.25) is 0 Å². The highest BCUT2D eigenvalue weighted by molar-refractivity contribution is 6.12. The number of nitrogens with one attached hydrogen (secondary N) is 1. The molecule has 1 amide bonds. The Morgan fingerprint density at radius 1 is 1.21 bits per heavy atom. The molecule has 3 N–H and O–H groups in total. The Labute approximate surface area is 168 Å². The highest BCUT2D eigenvalue weighted by atomic mass is 35.5. The summed E-state index contributed by atoms with van der Waals surface area (Å²) in [6.45, 7) is 4.39. The third kappa shape index (κ3) is 4.26. The van der Waals surface area contributed by atoms with Crippen molar-refractivity contribution >= 4 is 40.5 Å². The molecule has 0 fully saturated rings. The summed E-state index contributed by atoms with van der Waals surface area (Å²) in [6, 6.07) is 12.0. The minimum Gasteiger partial charge on any atom is -0.497 e. The van der Waals surface area contributed by atoms with Gasteiger partial charge in [-0.25, -0.2) is 4.68 Å². The van der Waals surface area contributed by atoms with Gasteiger partial charge in [-0.15, -0.1) is 12.4 Å². The van der Waals surface area contributed by atoms with Crippen molar-refractivity contribution in [3.05, 3.63) is 58.5 Å². The number of nitrogens with zero attached hydrogens (tertiary/aromatic N) is 2. The average molecular weight is 403 g/mol. The zero-order chi connectivity index (χ0) is 19.6. The maximum absolute atomic E-state index is 12.9. The van der Waals surface area contributed by atoms with Gasteiger partial charge in [-0.2, -0.15) is 5.10 Å². The lowest BCUT2D eigenvalue weighted by molar-refractivity contribution is 0.102. The van der Waals surface area contributed by atoms with E-state index in [9.17, 15) is 9.59 Å². The summed E-state index contributed by atoms with van der Waals surface area (Å²) in [6.07, 6.45) is 0. The van der Waals surface area contributed by atoms with E-state index in [4.69, 9.17) is 10.5 Å². The van der Waals surface area contributed by atoms with E-state index in [1.165, 1.54) is 11.8 Å². The van der Waals surface area contributed by atoms with E-state index in [0.29, 0.717) is 34.4 Å². The fourth-order valence-electron chi connectivity index (χ4n) is 2.82. The average Bonchev–Trinajstić information content (AvgIpc) is 2.65. The molecule has 0 saturated heterocycles. The van der Waals surface area contributed by atoms with Crippen LogP contribution in [-0.4, -0.2) is 22.8 Å². The topological polar surface area (TPSA) is 99.2 Å². The van der Waals surface area contributed by atoms with Crippen LogP contribution in [0.2, 0.25) is 0 Å². The first-order valence-corrected chi connectivity index (χ1v) is 8.65. The van der Waals surface area contributed by atoms with Gasteiger partial charge in [0, 0.05) is 18.0 Å². The van der Waals surface area contributed by atoms with Crippen LogP contribution in [0, 0.1) is 5.92 Å². The fraction of sp³-hybridized carbons (Fsp3) is 0.250. The standard InChI is InChI=1S/C20H22N4O3.ClH/c1-12(2)11-24-20(26)15-7-5-4-6-14(15)18(23-24)19(25)22-17-10-13(27-3)8-9-16(17)21;/h4-10,12H,11,21H2,1-3H3,(H,22,25);1H. The van der Waals surface area contributed by atoms with Crippen LogP contribution in [0.5, 0.6) is 5.75 Å². The van der Waals surface area contributed by atoms with Crippen molar-refractivity contribution in [2.24, 2.45) is 5.92 Å². The second kappa shape index (κ2) is 8.75. The maximum Gasteiger partial charge on any atom is 0.276 e. The smallest absolute Gasteiger partial charge is 0.276 e. The minimum atomic E-state index is -0.441. The number of methoxy groups -OCH3 is 1. The number of aromatic nitrogens is 2. The fourth-order valence-corrected chi connectivity index (χ4v) is 2.82. The monoisotopic (exact) mass is 402 g/mol. The molecule has 2 aromatic carbocycles. The Bertz CT molecular complexity index is 1060. The molecular formula is C20H23ClN4O3. The van der Waals surface area contributed by atoms with Crippen LogP contribution in [0.1, 0.15) is 24.3 Å². The number of hydrogen-bond donors (Lipinski definition) is 2. The minimum absolute atomic E-state index is 0. The van der Waals surface area contributed by atoms with E-state index >= 15 is 0 Å². The molecule has 0 spiro atoms. The van der Waals surface area contributed by atoms with E-state index in [-0.39, 0.29) is 29.6 Å². The molecule has 0 aliphatic heterocycles. The van der Waals surface area contributed by atoms with Gasteiger partial charge in [0.05, 0.1) is 23.9 Å². The van der Waals surface area contributed by atoms with Crippen LogP contribution >= 0.6 is 12.4 Å². The summed E-state index contributed by atoms with van der Waals surface area (Å²) >= 11 is 0. The summed E-state index contributed by atoms with van der Waals surface area (Å²) < 4.78 is 6.52. The lowest BCUT2D eigenvalue weighted by atomic mass is 10.1. The summed E-state index contributed by atoms with van der Waals surface area (Å²) in [5, 5.41) is 8.06. The number of carbonyl (C=O) groups is 1. The molecule has 0 atom stereocenters. The molecule has 3 aromatic rings. The van der Waals surface area contributed by atoms with Gasteiger partial charge in [-0.05, 0) is 24.1 Å². The molecule has 1 heterocycles. The predicted molar refractivity (Wildman–Crippen MR) is 113 cm³/mol. The molecule has 0 aliphatic rings. The number of nitrogen functional groups attached to an aromatic ring is 1. The molecule has 0 unspecified atom stereocenters. The first-order chi connectivity index (χ1) is 12.9. The van der Waals surface area contributed by atoms with Crippen molar-refractivity contribution in [1.29, 1.82) is 0 Å². The number of nitrogens with two attached hydrogens (primary N) is 1. The van der Waals surface area contributed by atoms with E-state index in [2.05, 4.69) is 10.4 Å². The molecule has 1 aromatic heterocycles. The lowest BCUT2D eigenvalue weighted by Gasteiger charge is -2.14. The lowest BCUT2D eigenvalue weighted by Crippen LogP contribution is -2.29. The Morgan fingerprint density at radius 3 is 2.54 bits per heavy atom. The molecule has 3 rings (SSSR count). The van der Waals surface area contributed by atoms with Crippen molar-refractivity contribution in [3.8, 4) is 5.75 Å². The molecular weight excluding hydrogens is 380 g/mol. The molecule has 0 radical (unpaired) electrons. The zero-order valence-corrected chi connectivity index (χ0v) is 16.7. The number of hydrogen-bond acceptors (Lipinski definition) is 5. The van der Waals surface area contributed by atoms with Crippen molar-refractivity contribution in [2.75, 3.05) is 18.2 Å². The zero-order valence-electron chi connectivity index (χ0n) is 15.9. The molecule has 0 saturated carbocycles. The van der Waals surface area contributed by atoms with Gasteiger partial charge in [0.1, 0.15) is 5.75 Å². The van der Waals surface area contributed by atoms with Gasteiger partial charge in [-0.1, -0.05) is 32.0 Å². The first kappa shape index (κ1) is 21.2. The van der Waals surface area contributed by atoms with Crippen LogP contribution < -0.4 is 21.3 Å². The molecule has 0 bridgehead atoms. The van der Waals surface area contributed by atoms with Crippen molar-refractivity contribution < 1.29 is 9.53 Å². The SMILES string of the molecule is COc1ccc(N)c(NC(=O)c2nn(CC(C)C)c(=O)c3ccccc23)c1.Cl. The largest absolute Gasteiger partial charge is 0.497 e. The van der Waals surface area contributed by atoms with Crippen LogP contribution in [0.25, 0.3) is 10.8 Å². The first-order valence-electron chi connectivity index (χ1n) is 8.65. The highest BCUT2D eigenvalue weighted by Gasteiger charge is 2.18. The van der Waals surface area contributed by atoms with Gasteiger partial charge in [0.25, 0.3) is 11.5 Å². The summed E-state index contributed by atoms with van der Waals surface area (Å²) in [5.74, 6) is 0.340. The van der Waals surface area contributed by atoms with Crippen LogP contribution in [0.15, 0.2) is 47.3 Å². The van der Waals surface area contributed by atoms with Gasteiger partial charge in [-0.3, -0.25) is 9.59 Å². The second-order valence-electron chi connectivity index (χ2n) is 6.68. The number of ether oxygens (including phenoxy) is 1. The van der Waals surface area contributed by atoms with Crippen LogP contribution in [0.3, 0.4) is 0 Å². The third-order valence-electron chi connectivity index (χ3n) is 4.13. The van der Waals surface area contributed by atoms with Gasteiger partial charge >= 0.3 is 0 Å². The normalized spacial score (nSPS) is 10.6. The van der Waals surface area contributed by atoms with Gasteiger partial charge < -0.3 is 15.8 Å². The Hall–Kier alpha value is -3.06. The Balaban J connectivity index is 0.00000280. The van der Waals surface area contributed by atoms with E-state index in [1.807, 2.05) is 13.8 Å². The number of anilines is 2. The summed E-state index contributed by atoms with van der Waals surface area (Å²) in [5.41, 5.74) is 6.75. The number of carbonyl (C=O) groups excluding carboxylic acids is 1.